The minimum absolute atomic E-state index is 0.163. The van der Waals surface area contributed by atoms with Crippen LogP contribution in [0.1, 0.15) is 40.5 Å². The Bertz CT molecular complexity index is 205. The Kier molecular flexibility index (Phi) is 5.83. The van der Waals surface area contributed by atoms with Gasteiger partial charge in [0.2, 0.25) is 5.91 Å². The first-order valence-corrected chi connectivity index (χ1v) is 5.59. The van der Waals surface area contributed by atoms with Crippen LogP contribution in [0.4, 0.5) is 0 Å². The summed E-state index contributed by atoms with van der Waals surface area (Å²) in [4.78, 5) is 11.6. The maximum absolute atomic E-state index is 11.6. The summed E-state index contributed by atoms with van der Waals surface area (Å²) in [6, 6.07) is -0.484. The number of aliphatic hydroxyl groups is 1. The highest BCUT2D eigenvalue weighted by Crippen LogP contribution is 2.08. The lowest BCUT2D eigenvalue weighted by Gasteiger charge is -2.24. The van der Waals surface area contributed by atoms with E-state index in [1.165, 1.54) is 0 Å². The lowest BCUT2D eigenvalue weighted by Crippen LogP contribution is -2.49. The molecule has 0 aliphatic rings. The molecule has 0 aliphatic carbocycles. The summed E-state index contributed by atoms with van der Waals surface area (Å²) < 4.78 is 0. The van der Waals surface area contributed by atoms with Gasteiger partial charge in [0.25, 0.3) is 0 Å². The molecule has 0 aromatic rings. The maximum atomic E-state index is 11.6. The van der Waals surface area contributed by atoms with E-state index in [1.54, 1.807) is 6.92 Å². The zero-order valence-corrected chi connectivity index (χ0v) is 10.2. The van der Waals surface area contributed by atoms with Crippen LogP contribution in [-0.2, 0) is 4.79 Å². The van der Waals surface area contributed by atoms with Crippen LogP contribution in [0.15, 0.2) is 0 Å². The van der Waals surface area contributed by atoms with Crippen LogP contribution in [0.25, 0.3) is 0 Å². The molecule has 0 bridgehead atoms. The fourth-order valence-corrected chi connectivity index (χ4v) is 1.03. The van der Waals surface area contributed by atoms with Gasteiger partial charge < -0.3 is 16.2 Å². The zero-order valence-electron chi connectivity index (χ0n) is 10.2. The van der Waals surface area contributed by atoms with Crippen molar-refractivity contribution in [3.63, 3.8) is 0 Å². The third kappa shape index (κ3) is 5.14. The Labute approximate surface area is 92.2 Å². The fourth-order valence-electron chi connectivity index (χ4n) is 1.03. The van der Waals surface area contributed by atoms with Gasteiger partial charge >= 0.3 is 0 Å². The molecule has 0 aromatic heterocycles. The molecule has 4 nitrogen and oxygen atoms in total. The van der Waals surface area contributed by atoms with Crippen molar-refractivity contribution >= 4 is 5.91 Å². The second-order valence-corrected chi connectivity index (χ2v) is 4.48. The Morgan fingerprint density at radius 3 is 2.47 bits per heavy atom. The third-order valence-corrected chi connectivity index (χ3v) is 2.96. The number of carbonyl (C=O) groups is 1. The van der Waals surface area contributed by atoms with Gasteiger partial charge in [-0.1, -0.05) is 27.2 Å². The molecule has 0 saturated heterocycles. The second kappa shape index (κ2) is 6.08. The first-order chi connectivity index (χ1) is 6.84. The van der Waals surface area contributed by atoms with Crippen molar-refractivity contribution in [3.8, 4) is 0 Å². The average molecular weight is 216 g/mol. The first kappa shape index (κ1) is 14.4. The molecule has 1 unspecified atom stereocenters. The first-order valence-electron chi connectivity index (χ1n) is 5.59. The van der Waals surface area contributed by atoms with Crippen molar-refractivity contribution in [3.05, 3.63) is 0 Å². The Morgan fingerprint density at radius 1 is 1.53 bits per heavy atom. The summed E-state index contributed by atoms with van der Waals surface area (Å²) in [5, 5.41) is 12.4. The molecule has 4 N–H and O–H groups in total. The number of carbonyl (C=O) groups excluding carboxylic acids is 1. The van der Waals surface area contributed by atoms with E-state index in [0.29, 0.717) is 6.42 Å². The van der Waals surface area contributed by atoms with Gasteiger partial charge in [-0.05, 0) is 19.3 Å². The van der Waals surface area contributed by atoms with Crippen molar-refractivity contribution in [1.82, 2.24) is 5.32 Å². The van der Waals surface area contributed by atoms with Crippen molar-refractivity contribution in [2.75, 3.05) is 6.54 Å². The maximum Gasteiger partial charge on any atom is 0.237 e. The molecule has 0 aliphatic heterocycles. The Hall–Kier alpha value is -0.610. The van der Waals surface area contributed by atoms with E-state index < -0.39 is 11.6 Å². The molecule has 15 heavy (non-hydrogen) atoms. The summed E-state index contributed by atoms with van der Waals surface area (Å²) in [6.45, 7) is 7.78. The molecular formula is C11H24N2O2. The lowest BCUT2D eigenvalue weighted by atomic mass is 9.98. The van der Waals surface area contributed by atoms with Crippen LogP contribution in [0.3, 0.4) is 0 Å². The largest absolute Gasteiger partial charge is 0.388 e. The van der Waals surface area contributed by atoms with Crippen molar-refractivity contribution in [1.29, 1.82) is 0 Å². The van der Waals surface area contributed by atoms with Gasteiger partial charge in [0.15, 0.2) is 0 Å². The highest BCUT2D eigenvalue weighted by molar-refractivity contribution is 5.81. The zero-order chi connectivity index (χ0) is 12.1. The van der Waals surface area contributed by atoms with E-state index in [9.17, 15) is 9.90 Å². The summed E-state index contributed by atoms with van der Waals surface area (Å²) >= 11 is 0. The molecule has 0 aromatic carbocycles. The van der Waals surface area contributed by atoms with Crippen LogP contribution in [0.5, 0.6) is 0 Å². The molecule has 3 atom stereocenters. The summed E-state index contributed by atoms with van der Waals surface area (Å²) in [5.74, 6) is -0.0188. The van der Waals surface area contributed by atoms with Crippen molar-refractivity contribution in [2.45, 2.75) is 52.2 Å². The normalized spacial score (nSPS) is 19.1. The predicted octanol–water partition coefficient (Wildman–Crippen LogP) is 0.637. The highest BCUT2D eigenvalue weighted by atomic mass is 16.3. The van der Waals surface area contributed by atoms with Crippen LogP contribution < -0.4 is 11.1 Å². The molecule has 0 fully saturated rings. The minimum Gasteiger partial charge on any atom is -0.388 e. The standard InChI is InChI=1S/C11H24N2O2/c1-5-8(3)9(12)10(14)13-7-11(4,15)6-2/h8-9,15H,5-7,12H2,1-4H3,(H,13,14)/t8-,9-,11?/m0/s1. The summed E-state index contributed by atoms with van der Waals surface area (Å²) in [6.07, 6.45) is 1.48. The van der Waals surface area contributed by atoms with Gasteiger partial charge in [-0.3, -0.25) is 4.79 Å². The van der Waals surface area contributed by atoms with E-state index in [0.717, 1.165) is 6.42 Å². The molecule has 0 spiro atoms. The van der Waals surface area contributed by atoms with Crippen LogP contribution >= 0.6 is 0 Å². The Balaban J connectivity index is 4.04. The van der Waals surface area contributed by atoms with Gasteiger partial charge in [0.05, 0.1) is 11.6 Å². The molecule has 0 radical (unpaired) electrons. The van der Waals surface area contributed by atoms with E-state index in [2.05, 4.69) is 5.32 Å². The summed E-state index contributed by atoms with van der Waals surface area (Å²) in [5.41, 5.74) is 4.91. The van der Waals surface area contributed by atoms with Crippen LogP contribution in [0, 0.1) is 5.92 Å². The molecule has 1 amide bonds. The van der Waals surface area contributed by atoms with E-state index >= 15 is 0 Å². The van der Waals surface area contributed by atoms with Crippen LogP contribution in [-0.4, -0.2) is 29.2 Å². The fraction of sp³-hybridized carbons (Fsp3) is 0.909. The molecule has 0 rings (SSSR count). The molecular weight excluding hydrogens is 192 g/mol. The number of nitrogens with two attached hydrogens (primary N) is 1. The highest BCUT2D eigenvalue weighted by Gasteiger charge is 2.23. The summed E-state index contributed by atoms with van der Waals surface area (Å²) in [7, 11) is 0. The number of hydrogen-bond donors (Lipinski definition) is 3. The van der Waals surface area contributed by atoms with E-state index in [-0.39, 0.29) is 18.4 Å². The number of rotatable bonds is 6. The monoisotopic (exact) mass is 216 g/mol. The molecule has 4 heteroatoms. The number of amides is 1. The van der Waals surface area contributed by atoms with E-state index in [4.69, 9.17) is 5.73 Å². The molecule has 0 saturated carbocycles. The van der Waals surface area contributed by atoms with Gasteiger partial charge in [0.1, 0.15) is 0 Å². The topological polar surface area (TPSA) is 75.4 Å². The SMILES string of the molecule is CC[C@H](C)[C@H](N)C(=O)NCC(C)(O)CC. The van der Waals surface area contributed by atoms with Gasteiger partial charge in [-0.15, -0.1) is 0 Å². The number of nitrogens with one attached hydrogen (secondary N) is 1. The van der Waals surface area contributed by atoms with Crippen molar-refractivity contribution in [2.24, 2.45) is 11.7 Å². The second-order valence-electron chi connectivity index (χ2n) is 4.48. The number of hydrogen-bond acceptors (Lipinski definition) is 3. The van der Waals surface area contributed by atoms with Gasteiger partial charge in [0, 0.05) is 6.54 Å². The van der Waals surface area contributed by atoms with Crippen LogP contribution in [0.2, 0.25) is 0 Å². The van der Waals surface area contributed by atoms with Crippen molar-refractivity contribution < 1.29 is 9.90 Å². The Morgan fingerprint density at radius 2 is 2.07 bits per heavy atom. The van der Waals surface area contributed by atoms with Gasteiger partial charge in [-0.2, -0.15) is 0 Å². The third-order valence-electron chi connectivity index (χ3n) is 2.96. The molecule has 90 valence electrons. The quantitative estimate of drug-likeness (QED) is 0.610. The van der Waals surface area contributed by atoms with Gasteiger partial charge in [-0.25, -0.2) is 0 Å². The smallest absolute Gasteiger partial charge is 0.237 e. The predicted molar refractivity (Wildman–Crippen MR) is 61.4 cm³/mol. The lowest BCUT2D eigenvalue weighted by molar-refractivity contribution is -0.124. The molecule has 0 heterocycles. The minimum atomic E-state index is -0.842. The van der Waals surface area contributed by atoms with E-state index in [1.807, 2.05) is 20.8 Å². The average Bonchev–Trinajstić information content (AvgIpc) is 2.23.